The van der Waals surface area contributed by atoms with Gasteiger partial charge in [0, 0.05) is 16.4 Å². The molecule has 0 radical (unpaired) electrons. The average Bonchev–Trinajstić information content (AvgIpc) is 2.65. The van der Waals surface area contributed by atoms with Gasteiger partial charge in [0.25, 0.3) is 0 Å². The van der Waals surface area contributed by atoms with Crippen LogP contribution in [-0.2, 0) is 9.84 Å². The van der Waals surface area contributed by atoms with Gasteiger partial charge in [-0.05, 0) is 24.1 Å². The Labute approximate surface area is 115 Å². The first-order valence-corrected chi connectivity index (χ1v) is 8.34. The van der Waals surface area contributed by atoms with Crippen LogP contribution in [0.4, 0.5) is 0 Å². The van der Waals surface area contributed by atoms with Gasteiger partial charge in [0.1, 0.15) is 0 Å². The van der Waals surface area contributed by atoms with Crippen LogP contribution in [0.25, 0.3) is 0 Å². The Kier molecular flexibility index (Phi) is 3.82. The summed E-state index contributed by atoms with van der Waals surface area (Å²) in [4.78, 5) is 0. The molecule has 1 aromatic rings. The molecule has 1 aliphatic rings. The monoisotopic (exact) mass is 333 g/mol. The Hall–Kier alpha value is -0.430. The van der Waals surface area contributed by atoms with Gasteiger partial charge in [-0.25, -0.2) is 8.42 Å². The highest BCUT2D eigenvalue weighted by Gasteiger charge is 2.46. The lowest BCUT2D eigenvalue weighted by Gasteiger charge is -2.32. The first-order chi connectivity index (χ1) is 8.38. The van der Waals surface area contributed by atoms with Gasteiger partial charge in [-0.3, -0.25) is 0 Å². The Balaban J connectivity index is 2.34. The fourth-order valence-electron chi connectivity index (χ4n) is 2.46. The van der Waals surface area contributed by atoms with Crippen LogP contribution in [0.2, 0.25) is 0 Å². The van der Waals surface area contributed by atoms with E-state index in [-0.39, 0.29) is 18.1 Å². The van der Waals surface area contributed by atoms with Crippen LogP contribution < -0.4 is 5.73 Å². The molecular formula is C12H16BrNO3S. The van der Waals surface area contributed by atoms with Crippen LogP contribution in [0.1, 0.15) is 18.1 Å². The van der Waals surface area contributed by atoms with Crippen molar-refractivity contribution in [1.29, 1.82) is 0 Å². The first-order valence-electron chi connectivity index (χ1n) is 5.73. The minimum atomic E-state index is -3.08. The summed E-state index contributed by atoms with van der Waals surface area (Å²) in [6.45, 7) is 0.167. The molecule has 1 aromatic carbocycles. The minimum Gasteiger partial charge on any atom is -0.388 e. The van der Waals surface area contributed by atoms with Crippen molar-refractivity contribution in [3.05, 3.63) is 34.3 Å². The Morgan fingerprint density at radius 1 is 1.50 bits per heavy atom. The zero-order chi connectivity index (χ0) is 13.4. The fraction of sp³-hybridized carbons (Fsp3) is 0.500. The second-order valence-corrected chi connectivity index (χ2v) is 7.97. The van der Waals surface area contributed by atoms with E-state index in [4.69, 9.17) is 5.73 Å². The molecular weight excluding hydrogens is 318 g/mol. The van der Waals surface area contributed by atoms with E-state index in [2.05, 4.69) is 15.9 Å². The summed E-state index contributed by atoms with van der Waals surface area (Å²) < 4.78 is 24.1. The van der Waals surface area contributed by atoms with Gasteiger partial charge in [-0.2, -0.15) is 0 Å². The first kappa shape index (κ1) is 14.0. The third-order valence-electron chi connectivity index (χ3n) is 3.57. The van der Waals surface area contributed by atoms with Crippen LogP contribution in [-0.4, -0.2) is 31.6 Å². The molecule has 0 aliphatic carbocycles. The van der Waals surface area contributed by atoms with Gasteiger partial charge in [0.05, 0.1) is 17.6 Å². The van der Waals surface area contributed by atoms with Gasteiger partial charge in [0.15, 0.2) is 9.84 Å². The van der Waals surface area contributed by atoms with Crippen molar-refractivity contribution in [3.8, 4) is 0 Å². The zero-order valence-corrected chi connectivity index (χ0v) is 12.2. The quantitative estimate of drug-likeness (QED) is 0.872. The van der Waals surface area contributed by atoms with E-state index in [1.807, 2.05) is 12.1 Å². The van der Waals surface area contributed by atoms with E-state index in [1.54, 1.807) is 12.1 Å². The molecule has 4 nitrogen and oxygen atoms in total. The van der Waals surface area contributed by atoms with Crippen LogP contribution in [0.5, 0.6) is 0 Å². The predicted molar refractivity (Wildman–Crippen MR) is 73.9 cm³/mol. The summed E-state index contributed by atoms with van der Waals surface area (Å²) >= 11 is 3.34. The fourth-order valence-corrected chi connectivity index (χ4v) is 5.03. The number of aliphatic hydroxyl groups is 1. The molecule has 2 atom stereocenters. The molecule has 2 rings (SSSR count). The van der Waals surface area contributed by atoms with Gasteiger partial charge in [-0.15, -0.1) is 0 Å². The van der Waals surface area contributed by atoms with Crippen molar-refractivity contribution < 1.29 is 13.5 Å². The van der Waals surface area contributed by atoms with Crippen LogP contribution in [0.3, 0.4) is 0 Å². The van der Waals surface area contributed by atoms with E-state index in [0.717, 1.165) is 4.47 Å². The van der Waals surface area contributed by atoms with Crippen molar-refractivity contribution in [3.63, 3.8) is 0 Å². The van der Waals surface area contributed by atoms with Crippen molar-refractivity contribution in [1.82, 2.24) is 0 Å². The highest BCUT2D eigenvalue weighted by molar-refractivity contribution is 9.10. The number of rotatable bonds is 3. The summed E-state index contributed by atoms with van der Waals surface area (Å²) in [6, 6.07) is 7.26. The number of nitrogens with two attached hydrogens (primary N) is 1. The maximum absolute atomic E-state index is 11.6. The molecule has 100 valence electrons. The SMILES string of the molecule is NCC1(C(O)c2cccc(Br)c2)CCS(=O)(=O)C1. The Morgan fingerprint density at radius 3 is 2.72 bits per heavy atom. The lowest BCUT2D eigenvalue weighted by molar-refractivity contribution is 0.0471. The summed E-state index contributed by atoms with van der Waals surface area (Å²) in [5, 5.41) is 10.5. The van der Waals surface area contributed by atoms with Gasteiger partial charge in [-0.1, -0.05) is 28.1 Å². The van der Waals surface area contributed by atoms with Crippen LogP contribution in [0.15, 0.2) is 28.7 Å². The Bertz CT molecular complexity index is 546. The second kappa shape index (κ2) is 4.92. The van der Waals surface area contributed by atoms with Gasteiger partial charge < -0.3 is 10.8 Å². The highest BCUT2D eigenvalue weighted by atomic mass is 79.9. The molecule has 3 N–H and O–H groups in total. The van der Waals surface area contributed by atoms with E-state index in [0.29, 0.717) is 12.0 Å². The molecule has 1 saturated heterocycles. The molecule has 0 aromatic heterocycles. The van der Waals surface area contributed by atoms with Crippen molar-refractivity contribution in [2.75, 3.05) is 18.1 Å². The van der Waals surface area contributed by atoms with E-state index in [9.17, 15) is 13.5 Å². The van der Waals surface area contributed by atoms with Crippen molar-refractivity contribution >= 4 is 25.8 Å². The standard InChI is InChI=1S/C12H16BrNO3S/c13-10-3-1-2-9(6-10)11(15)12(7-14)4-5-18(16,17)8-12/h1-3,6,11,15H,4-5,7-8,14H2. The number of hydrogen-bond donors (Lipinski definition) is 2. The van der Waals surface area contributed by atoms with E-state index in [1.165, 1.54) is 0 Å². The number of benzene rings is 1. The minimum absolute atomic E-state index is 0.0375. The third-order valence-corrected chi connectivity index (χ3v) is 5.90. The number of sulfone groups is 1. The molecule has 0 bridgehead atoms. The normalized spacial score (nSPS) is 28.2. The Morgan fingerprint density at radius 2 is 2.22 bits per heavy atom. The van der Waals surface area contributed by atoms with E-state index < -0.39 is 21.4 Å². The molecule has 6 heteroatoms. The van der Waals surface area contributed by atoms with Gasteiger partial charge >= 0.3 is 0 Å². The summed E-state index contributed by atoms with van der Waals surface area (Å²) in [7, 11) is -3.08. The molecule has 1 fully saturated rings. The number of aliphatic hydroxyl groups excluding tert-OH is 1. The molecule has 0 spiro atoms. The second-order valence-electron chi connectivity index (χ2n) is 4.87. The average molecular weight is 334 g/mol. The maximum Gasteiger partial charge on any atom is 0.151 e. The van der Waals surface area contributed by atoms with Crippen LogP contribution >= 0.6 is 15.9 Å². The molecule has 0 saturated carbocycles. The number of halogens is 1. The highest BCUT2D eigenvalue weighted by Crippen LogP contribution is 2.42. The maximum atomic E-state index is 11.6. The molecule has 18 heavy (non-hydrogen) atoms. The molecule has 0 amide bonds. The summed E-state index contributed by atoms with van der Waals surface area (Å²) in [6.07, 6.45) is -0.434. The zero-order valence-electron chi connectivity index (χ0n) is 9.84. The molecule has 1 aliphatic heterocycles. The topological polar surface area (TPSA) is 80.4 Å². The molecule has 2 unspecified atom stereocenters. The summed E-state index contributed by atoms with van der Waals surface area (Å²) in [5.41, 5.74) is 5.68. The van der Waals surface area contributed by atoms with E-state index >= 15 is 0 Å². The lowest BCUT2D eigenvalue weighted by atomic mass is 9.78. The van der Waals surface area contributed by atoms with Crippen molar-refractivity contribution in [2.24, 2.45) is 11.1 Å². The van der Waals surface area contributed by atoms with Crippen LogP contribution in [0, 0.1) is 5.41 Å². The van der Waals surface area contributed by atoms with Gasteiger partial charge in [0.2, 0.25) is 0 Å². The predicted octanol–water partition coefficient (Wildman–Crippen LogP) is 1.25. The largest absolute Gasteiger partial charge is 0.388 e. The lowest BCUT2D eigenvalue weighted by Crippen LogP contribution is -2.38. The third kappa shape index (κ3) is 2.61. The summed E-state index contributed by atoms with van der Waals surface area (Å²) in [5.74, 6) is 0.0689. The smallest absolute Gasteiger partial charge is 0.151 e. The molecule has 1 heterocycles. The number of hydrogen-bond acceptors (Lipinski definition) is 4. The van der Waals surface area contributed by atoms with Crippen molar-refractivity contribution in [2.45, 2.75) is 12.5 Å².